The largest absolute Gasteiger partial charge is 0.367 e. The number of hydrogen-bond acceptors (Lipinski definition) is 2. The van der Waals surface area contributed by atoms with Crippen molar-refractivity contribution in [1.29, 1.82) is 0 Å². The summed E-state index contributed by atoms with van der Waals surface area (Å²) < 4.78 is 6.00. The molecule has 0 aliphatic heterocycles. The lowest BCUT2D eigenvalue weighted by Crippen LogP contribution is -2.27. The van der Waals surface area contributed by atoms with Gasteiger partial charge < -0.3 is 10.5 Å². The molecule has 0 heterocycles. The molecule has 0 saturated heterocycles. The number of nitrogens with two attached hydrogens (primary N) is 1. The predicted molar refractivity (Wildman–Crippen MR) is 83.8 cm³/mol. The van der Waals surface area contributed by atoms with Gasteiger partial charge in [0.05, 0.1) is 12.7 Å². The van der Waals surface area contributed by atoms with Gasteiger partial charge >= 0.3 is 0 Å². The fraction of sp³-hybridized carbons (Fsp3) is 0.294. The van der Waals surface area contributed by atoms with E-state index in [1.54, 1.807) is 0 Å². The van der Waals surface area contributed by atoms with E-state index in [1.165, 1.54) is 5.56 Å². The number of rotatable bonds is 5. The summed E-state index contributed by atoms with van der Waals surface area (Å²) >= 11 is 5.88. The van der Waals surface area contributed by atoms with Crippen LogP contribution in [0.4, 0.5) is 0 Å². The smallest absolute Gasteiger partial charge is 0.0977 e. The molecule has 2 atom stereocenters. The molecule has 2 unspecified atom stereocenters. The average Bonchev–Trinajstić information content (AvgIpc) is 2.41. The van der Waals surface area contributed by atoms with E-state index in [0.717, 1.165) is 16.1 Å². The Kier molecular flexibility index (Phi) is 5.18. The van der Waals surface area contributed by atoms with Crippen molar-refractivity contribution >= 4 is 11.6 Å². The lowest BCUT2D eigenvalue weighted by atomic mass is 10.0. The standard InChI is InChI=1S/C17H20ClNO/c1-12-4-3-5-15(10-12)17(13(2)19)20-11-14-6-8-16(18)9-7-14/h3-10,13,17H,11,19H2,1-2H3. The third-order valence-corrected chi connectivity index (χ3v) is 3.44. The molecule has 0 saturated carbocycles. The van der Waals surface area contributed by atoms with Crippen molar-refractivity contribution in [2.75, 3.05) is 0 Å². The molecule has 0 spiro atoms. The summed E-state index contributed by atoms with van der Waals surface area (Å²) in [6, 6.07) is 15.9. The summed E-state index contributed by atoms with van der Waals surface area (Å²) in [4.78, 5) is 0. The Bertz CT molecular complexity index is 551. The molecule has 0 amide bonds. The highest BCUT2D eigenvalue weighted by molar-refractivity contribution is 6.30. The molecule has 2 N–H and O–H groups in total. The first-order chi connectivity index (χ1) is 9.56. The molecular formula is C17H20ClNO. The lowest BCUT2D eigenvalue weighted by Gasteiger charge is -2.22. The SMILES string of the molecule is Cc1cccc(C(OCc2ccc(Cl)cc2)C(C)N)c1. The van der Waals surface area contributed by atoms with Crippen LogP contribution in [-0.2, 0) is 11.3 Å². The fourth-order valence-corrected chi connectivity index (χ4v) is 2.29. The molecule has 3 heteroatoms. The van der Waals surface area contributed by atoms with Crippen LogP contribution in [-0.4, -0.2) is 6.04 Å². The molecule has 20 heavy (non-hydrogen) atoms. The van der Waals surface area contributed by atoms with Gasteiger partial charge in [-0.2, -0.15) is 0 Å². The summed E-state index contributed by atoms with van der Waals surface area (Å²) in [5, 5.41) is 0.733. The van der Waals surface area contributed by atoms with Gasteiger partial charge in [0.2, 0.25) is 0 Å². The average molecular weight is 290 g/mol. The molecule has 2 aromatic carbocycles. The minimum absolute atomic E-state index is 0.0656. The van der Waals surface area contributed by atoms with Gasteiger partial charge in [0.15, 0.2) is 0 Å². The van der Waals surface area contributed by atoms with Gasteiger partial charge in [-0.05, 0) is 37.1 Å². The Morgan fingerprint density at radius 2 is 1.85 bits per heavy atom. The number of ether oxygens (including phenoxy) is 1. The molecule has 106 valence electrons. The van der Waals surface area contributed by atoms with E-state index in [9.17, 15) is 0 Å². The van der Waals surface area contributed by atoms with Crippen molar-refractivity contribution in [3.63, 3.8) is 0 Å². The van der Waals surface area contributed by atoms with Gasteiger partial charge in [-0.1, -0.05) is 53.6 Å². The number of aryl methyl sites for hydroxylation is 1. The Labute approximate surface area is 125 Å². The van der Waals surface area contributed by atoms with Crippen LogP contribution in [0.3, 0.4) is 0 Å². The van der Waals surface area contributed by atoms with Crippen molar-refractivity contribution in [1.82, 2.24) is 0 Å². The molecule has 2 rings (SSSR count). The van der Waals surface area contributed by atoms with Crippen LogP contribution < -0.4 is 5.73 Å². The second-order valence-corrected chi connectivity index (χ2v) is 5.57. The second kappa shape index (κ2) is 6.89. The molecule has 2 aromatic rings. The van der Waals surface area contributed by atoms with Crippen LogP contribution in [0, 0.1) is 6.92 Å². The van der Waals surface area contributed by atoms with Crippen LogP contribution in [0.25, 0.3) is 0 Å². The van der Waals surface area contributed by atoms with Crippen molar-refractivity contribution in [2.45, 2.75) is 32.6 Å². The predicted octanol–water partition coefficient (Wildman–Crippen LogP) is 4.25. The number of halogens is 1. The molecule has 0 fully saturated rings. The Balaban J connectivity index is 2.08. The third kappa shape index (κ3) is 4.07. The van der Waals surface area contributed by atoms with E-state index < -0.39 is 0 Å². The summed E-state index contributed by atoms with van der Waals surface area (Å²) in [6.07, 6.45) is -0.106. The summed E-state index contributed by atoms with van der Waals surface area (Å²) in [7, 11) is 0. The first kappa shape index (κ1) is 15.0. The molecule has 0 aliphatic carbocycles. The van der Waals surface area contributed by atoms with Crippen LogP contribution in [0.15, 0.2) is 48.5 Å². The molecule has 0 aromatic heterocycles. The Hall–Kier alpha value is -1.35. The fourth-order valence-electron chi connectivity index (χ4n) is 2.17. The van der Waals surface area contributed by atoms with Crippen molar-refractivity contribution in [3.8, 4) is 0 Å². The quantitative estimate of drug-likeness (QED) is 0.893. The van der Waals surface area contributed by atoms with E-state index >= 15 is 0 Å². The highest BCUT2D eigenvalue weighted by atomic mass is 35.5. The maximum atomic E-state index is 6.06. The zero-order valence-corrected chi connectivity index (χ0v) is 12.6. The van der Waals surface area contributed by atoms with E-state index in [-0.39, 0.29) is 12.1 Å². The molecule has 0 bridgehead atoms. The Morgan fingerprint density at radius 3 is 2.45 bits per heavy atom. The monoisotopic (exact) mass is 289 g/mol. The maximum absolute atomic E-state index is 6.06. The second-order valence-electron chi connectivity index (χ2n) is 5.13. The zero-order chi connectivity index (χ0) is 14.5. The first-order valence-electron chi connectivity index (χ1n) is 6.74. The Morgan fingerprint density at radius 1 is 1.15 bits per heavy atom. The van der Waals surface area contributed by atoms with Crippen LogP contribution >= 0.6 is 11.6 Å². The highest BCUT2D eigenvalue weighted by Crippen LogP contribution is 2.23. The maximum Gasteiger partial charge on any atom is 0.0977 e. The summed E-state index contributed by atoms with van der Waals surface area (Å²) in [5.41, 5.74) is 9.48. The van der Waals surface area contributed by atoms with Crippen LogP contribution in [0.5, 0.6) is 0 Å². The molecule has 2 nitrogen and oxygen atoms in total. The minimum Gasteiger partial charge on any atom is -0.367 e. The molecule has 0 aliphatic rings. The number of hydrogen-bond donors (Lipinski definition) is 1. The van der Waals surface area contributed by atoms with Crippen LogP contribution in [0.1, 0.15) is 29.7 Å². The third-order valence-electron chi connectivity index (χ3n) is 3.19. The van der Waals surface area contributed by atoms with E-state index in [4.69, 9.17) is 22.1 Å². The number of benzene rings is 2. The highest BCUT2D eigenvalue weighted by Gasteiger charge is 2.17. The van der Waals surface area contributed by atoms with Gasteiger partial charge in [0.1, 0.15) is 0 Å². The van der Waals surface area contributed by atoms with Crippen molar-refractivity contribution < 1.29 is 4.74 Å². The van der Waals surface area contributed by atoms with Crippen molar-refractivity contribution in [2.24, 2.45) is 5.73 Å². The first-order valence-corrected chi connectivity index (χ1v) is 7.12. The van der Waals surface area contributed by atoms with E-state index in [2.05, 4.69) is 25.1 Å². The van der Waals surface area contributed by atoms with Gasteiger partial charge in [-0.15, -0.1) is 0 Å². The van der Waals surface area contributed by atoms with Gasteiger partial charge in [0.25, 0.3) is 0 Å². The van der Waals surface area contributed by atoms with Crippen molar-refractivity contribution in [3.05, 3.63) is 70.2 Å². The minimum atomic E-state index is -0.106. The van der Waals surface area contributed by atoms with Crippen LogP contribution in [0.2, 0.25) is 5.02 Å². The normalized spacial score (nSPS) is 14.0. The van der Waals surface area contributed by atoms with Gasteiger partial charge in [-0.3, -0.25) is 0 Å². The lowest BCUT2D eigenvalue weighted by molar-refractivity contribution is 0.0259. The van der Waals surface area contributed by atoms with E-state index in [1.807, 2.05) is 37.3 Å². The topological polar surface area (TPSA) is 35.2 Å². The van der Waals surface area contributed by atoms with E-state index in [0.29, 0.717) is 6.61 Å². The summed E-state index contributed by atoms with van der Waals surface area (Å²) in [5.74, 6) is 0. The summed E-state index contributed by atoms with van der Waals surface area (Å²) in [6.45, 7) is 4.56. The zero-order valence-electron chi connectivity index (χ0n) is 11.8. The molecule has 0 radical (unpaired) electrons. The van der Waals surface area contributed by atoms with Gasteiger partial charge in [-0.25, -0.2) is 0 Å². The molecular weight excluding hydrogens is 270 g/mol. The van der Waals surface area contributed by atoms with Gasteiger partial charge in [0, 0.05) is 11.1 Å².